The zero-order valence-corrected chi connectivity index (χ0v) is 21.9. The summed E-state index contributed by atoms with van der Waals surface area (Å²) in [5.74, 6) is 0.506. The number of anilines is 1. The molecule has 5 rings (SSSR count). The van der Waals surface area contributed by atoms with E-state index in [1.54, 1.807) is 6.07 Å². The fourth-order valence-electron chi connectivity index (χ4n) is 4.79. The number of fused-ring (bicyclic) bond motifs is 1. The van der Waals surface area contributed by atoms with Crippen LogP contribution in [0.1, 0.15) is 46.4 Å². The Balaban J connectivity index is 1.43. The molecule has 2 fully saturated rings. The molecule has 0 unspecified atom stereocenters. The summed E-state index contributed by atoms with van der Waals surface area (Å²) in [6.45, 7) is 5.49. The lowest BCUT2D eigenvalue weighted by atomic mass is 9.97. The van der Waals surface area contributed by atoms with Crippen molar-refractivity contribution in [3.05, 3.63) is 64.8 Å². The largest absolute Gasteiger partial charge is 0.492 e. The molecule has 1 amide bonds. The molecule has 36 heavy (non-hydrogen) atoms. The van der Waals surface area contributed by atoms with Crippen molar-refractivity contribution in [3.8, 4) is 5.75 Å². The summed E-state index contributed by atoms with van der Waals surface area (Å²) in [5.41, 5.74) is 3.68. The molecule has 190 valence electrons. The SMILES string of the molecule is Cc1ccc2c(C3(NC(=O)c4cc(OC[C@@H]5CCN5C)ccc4C)CC3)cc(NS(C)(=O)=O)cc2n1. The van der Waals surface area contributed by atoms with Gasteiger partial charge in [0.05, 0.1) is 23.0 Å². The van der Waals surface area contributed by atoms with Gasteiger partial charge < -0.3 is 10.1 Å². The van der Waals surface area contributed by atoms with Gasteiger partial charge in [0.15, 0.2) is 0 Å². The van der Waals surface area contributed by atoms with Gasteiger partial charge in [0.1, 0.15) is 12.4 Å². The van der Waals surface area contributed by atoms with Crippen LogP contribution in [0.15, 0.2) is 42.5 Å². The number of carbonyl (C=O) groups excluding carboxylic acids is 1. The number of rotatable bonds is 8. The lowest BCUT2D eigenvalue weighted by molar-refractivity contribution is 0.0767. The third-order valence-corrected chi connectivity index (χ3v) is 7.81. The van der Waals surface area contributed by atoms with E-state index in [9.17, 15) is 13.2 Å². The van der Waals surface area contributed by atoms with Gasteiger partial charge in [-0.3, -0.25) is 19.4 Å². The van der Waals surface area contributed by atoms with Crippen molar-refractivity contribution in [3.63, 3.8) is 0 Å². The van der Waals surface area contributed by atoms with Gasteiger partial charge >= 0.3 is 0 Å². The van der Waals surface area contributed by atoms with Crippen LogP contribution in [0, 0.1) is 13.8 Å². The molecular formula is C27H32N4O4S. The van der Waals surface area contributed by atoms with Gasteiger partial charge in [-0.25, -0.2) is 8.42 Å². The molecule has 3 aromatic rings. The number of likely N-dealkylation sites (N-methyl/N-ethyl adjacent to an activating group) is 1. The lowest BCUT2D eigenvalue weighted by Crippen LogP contribution is -2.48. The van der Waals surface area contributed by atoms with E-state index in [1.165, 1.54) is 0 Å². The molecule has 8 nitrogen and oxygen atoms in total. The number of hydrogen-bond acceptors (Lipinski definition) is 6. The lowest BCUT2D eigenvalue weighted by Gasteiger charge is -2.37. The third-order valence-electron chi connectivity index (χ3n) is 7.20. The number of amides is 1. The van der Waals surface area contributed by atoms with Crippen molar-refractivity contribution < 1.29 is 17.9 Å². The smallest absolute Gasteiger partial charge is 0.252 e. The van der Waals surface area contributed by atoms with E-state index >= 15 is 0 Å². The van der Waals surface area contributed by atoms with Gasteiger partial charge in [0.2, 0.25) is 10.0 Å². The first-order valence-corrected chi connectivity index (χ1v) is 14.1. The van der Waals surface area contributed by atoms with Crippen LogP contribution in [0.3, 0.4) is 0 Å². The zero-order valence-electron chi connectivity index (χ0n) is 21.1. The maximum absolute atomic E-state index is 13.5. The standard InChI is InChI=1S/C27H32N4O4S/c1-17-5-7-21(35-16-20-9-12-31(20)3)15-23(17)26(32)29-27(10-11-27)24-13-19(30-36(4,33)34)14-25-22(24)8-6-18(2)28-25/h5-8,13-15,20,30H,9-12,16H2,1-4H3,(H,29,32)/t20-/m0/s1. The molecule has 2 heterocycles. The second kappa shape index (κ2) is 9.05. The van der Waals surface area contributed by atoms with Crippen LogP contribution in [0.2, 0.25) is 0 Å². The maximum Gasteiger partial charge on any atom is 0.252 e. The Morgan fingerprint density at radius 3 is 2.58 bits per heavy atom. The fraction of sp³-hybridized carbons (Fsp3) is 0.407. The summed E-state index contributed by atoms with van der Waals surface area (Å²) in [6.07, 6.45) is 3.75. The maximum atomic E-state index is 13.5. The zero-order chi connectivity index (χ0) is 25.7. The minimum absolute atomic E-state index is 0.175. The summed E-state index contributed by atoms with van der Waals surface area (Å²) in [6, 6.07) is 13.5. The predicted octanol–water partition coefficient (Wildman–Crippen LogP) is 3.73. The van der Waals surface area contributed by atoms with Gasteiger partial charge in [-0.1, -0.05) is 12.1 Å². The van der Waals surface area contributed by atoms with Crippen LogP contribution in [0.5, 0.6) is 5.75 Å². The summed E-state index contributed by atoms with van der Waals surface area (Å²) in [4.78, 5) is 20.4. The van der Waals surface area contributed by atoms with Crippen LogP contribution >= 0.6 is 0 Å². The second-order valence-electron chi connectivity index (χ2n) is 10.2. The second-order valence-corrected chi connectivity index (χ2v) is 11.9. The van der Waals surface area contributed by atoms with Crippen LogP contribution in [-0.4, -0.2) is 56.7 Å². The highest BCUT2D eigenvalue weighted by Crippen LogP contribution is 2.49. The van der Waals surface area contributed by atoms with Crippen molar-refractivity contribution >= 4 is 32.5 Å². The molecule has 2 aliphatic rings. The minimum atomic E-state index is -3.47. The number of nitrogens with zero attached hydrogens (tertiary/aromatic N) is 2. The Morgan fingerprint density at radius 2 is 1.94 bits per heavy atom. The van der Waals surface area contributed by atoms with E-state index in [0.717, 1.165) is 54.3 Å². The average molecular weight is 509 g/mol. The number of ether oxygens (including phenoxy) is 1. The van der Waals surface area contributed by atoms with Crippen LogP contribution in [0.25, 0.3) is 10.9 Å². The summed E-state index contributed by atoms with van der Waals surface area (Å²) >= 11 is 0. The van der Waals surface area contributed by atoms with Gasteiger partial charge in [-0.05, 0) is 88.2 Å². The Hall–Kier alpha value is -3.17. The normalized spacial score (nSPS) is 18.9. The molecule has 1 aliphatic carbocycles. The molecule has 1 saturated carbocycles. The number of carbonyl (C=O) groups is 1. The van der Waals surface area contributed by atoms with Crippen molar-refractivity contribution in [2.45, 2.75) is 44.7 Å². The molecule has 0 spiro atoms. The first kappa shape index (κ1) is 24.5. The number of hydrogen-bond donors (Lipinski definition) is 2. The van der Waals surface area contributed by atoms with Crippen molar-refractivity contribution in [2.75, 3.05) is 31.2 Å². The summed E-state index contributed by atoms with van der Waals surface area (Å²) in [5, 5.41) is 4.15. The molecule has 0 bridgehead atoms. The quantitative estimate of drug-likeness (QED) is 0.481. The van der Waals surface area contributed by atoms with E-state index in [1.807, 2.05) is 50.2 Å². The Kier molecular flexibility index (Phi) is 6.16. The van der Waals surface area contributed by atoms with E-state index in [-0.39, 0.29) is 5.91 Å². The van der Waals surface area contributed by atoms with E-state index in [2.05, 4.69) is 27.0 Å². The fourth-order valence-corrected chi connectivity index (χ4v) is 5.33. The summed E-state index contributed by atoms with van der Waals surface area (Å²) < 4.78 is 32.4. The number of aromatic nitrogens is 1. The van der Waals surface area contributed by atoms with Gasteiger partial charge in [-0.15, -0.1) is 0 Å². The van der Waals surface area contributed by atoms with Gasteiger partial charge in [-0.2, -0.15) is 0 Å². The molecule has 2 N–H and O–H groups in total. The monoisotopic (exact) mass is 508 g/mol. The Bertz CT molecular complexity index is 1450. The van der Waals surface area contributed by atoms with Crippen molar-refractivity contribution in [2.24, 2.45) is 0 Å². The molecule has 0 radical (unpaired) electrons. The molecule has 1 aromatic heterocycles. The molecule has 1 aliphatic heterocycles. The number of sulfonamides is 1. The number of benzene rings is 2. The highest BCUT2D eigenvalue weighted by molar-refractivity contribution is 7.92. The van der Waals surface area contributed by atoms with Gasteiger partial charge in [0.25, 0.3) is 5.91 Å². The molecule has 1 atom stereocenters. The molecule has 1 saturated heterocycles. The topological polar surface area (TPSA) is 101 Å². The minimum Gasteiger partial charge on any atom is -0.492 e. The predicted molar refractivity (Wildman–Crippen MR) is 141 cm³/mol. The number of likely N-dealkylation sites (tertiary alicyclic amines) is 1. The van der Waals surface area contributed by atoms with E-state index < -0.39 is 15.6 Å². The van der Waals surface area contributed by atoms with E-state index in [0.29, 0.717) is 35.2 Å². The first-order valence-electron chi connectivity index (χ1n) is 12.2. The van der Waals surface area contributed by atoms with Crippen LogP contribution in [-0.2, 0) is 15.6 Å². The third kappa shape index (κ3) is 5.03. The van der Waals surface area contributed by atoms with Crippen molar-refractivity contribution in [1.29, 1.82) is 0 Å². The number of nitrogens with one attached hydrogen (secondary N) is 2. The Labute approximate surface area is 212 Å². The Morgan fingerprint density at radius 1 is 1.17 bits per heavy atom. The molecular weight excluding hydrogens is 476 g/mol. The highest BCUT2D eigenvalue weighted by atomic mass is 32.2. The van der Waals surface area contributed by atoms with Crippen LogP contribution < -0.4 is 14.8 Å². The number of aryl methyl sites for hydroxylation is 2. The van der Waals surface area contributed by atoms with E-state index in [4.69, 9.17) is 4.74 Å². The first-order chi connectivity index (χ1) is 17.0. The summed E-state index contributed by atoms with van der Waals surface area (Å²) in [7, 11) is -1.38. The number of pyridine rings is 1. The van der Waals surface area contributed by atoms with Crippen LogP contribution in [0.4, 0.5) is 5.69 Å². The average Bonchev–Trinajstić information content (AvgIpc) is 3.57. The molecule has 2 aromatic carbocycles. The molecule has 9 heteroatoms. The van der Waals surface area contributed by atoms with Crippen molar-refractivity contribution in [1.82, 2.24) is 15.2 Å². The highest BCUT2D eigenvalue weighted by Gasteiger charge is 2.47. The van der Waals surface area contributed by atoms with Gasteiger partial charge in [0, 0.05) is 22.7 Å².